The molecule has 0 amide bonds. The molecule has 2 rings (SSSR count). The van der Waals surface area contributed by atoms with E-state index in [0.29, 0.717) is 23.1 Å². The third-order valence-corrected chi connectivity index (χ3v) is 1.98. The first kappa shape index (κ1) is 10.2. The van der Waals surface area contributed by atoms with E-state index in [1.807, 2.05) is 0 Å². The number of nitrogen functional groups attached to an aromatic ring is 1. The van der Waals surface area contributed by atoms with E-state index in [2.05, 4.69) is 10.2 Å². The third kappa shape index (κ3) is 2.20. The van der Waals surface area contributed by atoms with E-state index in [1.54, 1.807) is 43.6 Å². The summed E-state index contributed by atoms with van der Waals surface area (Å²) in [5.41, 5.74) is 6.28. The highest BCUT2D eigenvalue weighted by Crippen LogP contribution is 2.29. The van der Waals surface area contributed by atoms with Crippen molar-refractivity contribution in [2.24, 2.45) is 0 Å². The molecule has 1 aromatic heterocycles. The van der Waals surface area contributed by atoms with Crippen molar-refractivity contribution in [3.8, 4) is 17.4 Å². The number of rotatable bonds is 3. The number of benzene rings is 1. The Morgan fingerprint density at radius 3 is 2.75 bits per heavy atom. The SMILES string of the molecule is COc1ccc(Oc2cccnn2)c(N)c1. The molecule has 0 unspecified atom stereocenters. The largest absolute Gasteiger partial charge is 0.497 e. The Morgan fingerprint density at radius 1 is 1.25 bits per heavy atom. The lowest BCUT2D eigenvalue weighted by atomic mass is 10.3. The van der Waals surface area contributed by atoms with Crippen molar-refractivity contribution in [1.82, 2.24) is 10.2 Å². The van der Waals surface area contributed by atoms with E-state index in [1.165, 1.54) is 0 Å². The Balaban J connectivity index is 2.22. The van der Waals surface area contributed by atoms with Crippen LogP contribution in [0.25, 0.3) is 0 Å². The summed E-state index contributed by atoms with van der Waals surface area (Å²) in [5.74, 6) is 1.62. The van der Waals surface area contributed by atoms with Crippen molar-refractivity contribution >= 4 is 5.69 Å². The van der Waals surface area contributed by atoms with E-state index < -0.39 is 0 Å². The number of hydrogen-bond donors (Lipinski definition) is 1. The lowest BCUT2D eigenvalue weighted by Crippen LogP contribution is -1.95. The normalized spacial score (nSPS) is 9.81. The van der Waals surface area contributed by atoms with Crippen LogP contribution in [0.5, 0.6) is 17.4 Å². The van der Waals surface area contributed by atoms with E-state index in [9.17, 15) is 0 Å². The fourth-order valence-electron chi connectivity index (χ4n) is 1.20. The van der Waals surface area contributed by atoms with Gasteiger partial charge in [0.25, 0.3) is 0 Å². The molecular formula is C11H11N3O2. The lowest BCUT2D eigenvalue weighted by Gasteiger charge is -2.08. The van der Waals surface area contributed by atoms with E-state index >= 15 is 0 Å². The van der Waals surface area contributed by atoms with Gasteiger partial charge in [0.2, 0.25) is 5.88 Å². The maximum absolute atomic E-state index is 5.79. The van der Waals surface area contributed by atoms with Gasteiger partial charge in [-0.1, -0.05) is 0 Å². The highest BCUT2D eigenvalue weighted by Gasteiger charge is 2.04. The van der Waals surface area contributed by atoms with Crippen molar-refractivity contribution in [2.75, 3.05) is 12.8 Å². The molecule has 1 aromatic carbocycles. The van der Waals surface area contributed by atoms with Gasteiger partial charge < -0.3 is 15.2 Å². The smallest absolute Gasteiger partial charge is 0.238 e. The summed E-state index contributed by atoms with van der Waals surface area (Å²) in [4.78, 5) is 0. The summed E-state index contributed by atoms with van der Waals surface area (Å²) in [7, 11) is 1.58. The Bertz CT molecular complexity index is 474. The molecule has 0 aliphatic heterocycles. The first-order valence-electron chi connectivity index (χ1n) is 4.68. The second kappa shape index (κ2) is 4.48. The number of methoxy groups -OCH3 is 1. The predicted octanol–water partition coefficient (Wildman–Crippen LogP) is 1.86. The van der Waals surface area contributed by atoms with Crippen LogP contribution in [0.2, 0.25) is 0 Å². The molecule has 0 saturated heterocycles. The molecule has 2 N–H and O–H groups in total. The van der Waals surface area contributed by atoms with Crippen molar-refractivity contribution < 1.29 is 9.47 Å². The molecule has 5 heteroatoms. The number of anilines is 1. The quantitative estimate of drug-likeness (QED) is 0.794. The number of nitrogens with two attached hydrogens (primary N) is 1. The Hall–Kier alpha value is -2.30. The summed E-state index contributed by atoms with van der Waals surface area (Å²) in [5, 5.41) is 7.50. The third-order valence-electron chi connectivity index (χ3n) is 1.98. The first-order valence-corrected chi connectivity index (χ1v) is 4.68. The van der Waals surface area contributed by atoms with Crippen molar-refractivity contribution in [3.63, 3.8) is 0 Å². The van der Waals surface area contributed by atoms with Gasteiger partial charge in [0.1, 0.15) is 5.75 Å². The summed E-state index contributed by atoms with van der Waals surface area (Å²) in [6.45, 7) is 0. The minimum absolute atomic E-state index is 0.402. The number of hydrogen-bond acceptors (Lipinski definition) is 5. The zero-order chi connectivity index (χ0) is 11.4. The van der Waals surface area contributed by atoms with Gasteiger partial charge in [-0.05, 0) is 18.2 Å². The van der Waals surface area contributed by atoms with Crippen LogP contribution in [0.4, 0.5) is 5.69 Å². The van der Waals surface area contributed by atoms with Crippen LogP contribution < -0.4 is 15.2 Å². The van der Waals surface area contributed by atoms with Gasteiger partial charge in [-0.25, -0.2) is 0 Å². The van der Waals surface area contributed by atoms with Gasteiger partial charge in [-0.3, -0.25) is 0 Å². The molecule has 5 nitrogen and oxygen atoms in total. The van der Waals surface area contributed by atoms with Gasteiger partial charge in [0, 0.05) is 18.3 Å². The zero-order valence-electron chi connectivity index (χ0n) is 8.75. The summed E-state index contributed by atoms with van der Waals surface area (Å²) >= 11 is 0. The van der Waals surface area contributed by atoms with E-state index in [0.717, 1.165) is 0 Å². The predicted molar refractivity (Wildman–Crippen MR) is 59.5 cm³/mol. The van der Waals surface area contributed by atoms with Crippen LogP contribution in [-0.2, 0) is 0 Å². The minimum Gasteiger partial charge on any atom is -0.497 e. The minimum atomic E-state index is 0.402. The molecule has 0 spiro atoms. The van der Waals surface area contributed by atoms with E-state index in [-0.39, 0.29) is 0 Å². The van der Waals surface area contributed by atoms with Crippen LogP contribution in [0.15, 0.2) is 36.5 Å². The van der Waals surface area contributed by atoms with E-state index in [4.69, 9.17) is 15.2 Å². The van der Waals surface area contributed by atoms with Gasteiger partial charge in [0.05, 0.1) is 12.8 Å². The number of ether oxygens (including phenoxy) is 2. The first-order chi connectivity index (χ1) is 7.79. The summed E-state index contributed by atoms with van der Waals surface area (Å²) < 4.78 is 10.5. The average Bonchev–Trinajstić information content (AvgIpc) is 2.33. The molecule has 0 atom stereocenters. The van der Waals surface area contributed by atoms with Gasteiger partial charge >= 0.3 is 0 Å². The number of aromatic nitrogens is 2. The molecular weight excluding hydrogens is 206 g/mol. The monoisotopic (exact) mass is 217 g/mol. The van der Waals surface area contributed by atoms with Crippen LogP contribution in [0, 0.1) is 0 Å². The topological polar surface area (TPSA) is 70.3 Å². The number of nitrogens with zero attached hydrogens (tertiary/aromatic N) is 2. The van der Waals surface area contributed by atoms with Crippen LogP contribution >= 0.6 is 0 Å². The zero-order valence-corrected chi connectivity index (χ0v) is 8.75. The molecule has 0 saturated carbocycles. The van der Waals surface area contributed by atoms with Crippen LogP contribution in [0.3, 0.4) is 0 Å². The molecule has 82 valence electrons. The van der Waals surface area contributed by atoms with Gasteiger partial charge in [-0.15, -0.1) is 5.10 Å². The summed E-state index contributed by atoms with van der Waals surface area (Å²) in [6, 6.07) is 8.62. The Morgan fingerprint density at radius 2 is 2.12 bits per heavy atom. The van der Waals surface area contributed by atoms with Crippen LogP contribution in [0.1, 0.15) is 0 Å². The fourth-order valence-corrected chi connectivity index (χ4v) is 1.20. The second-order valence-electron chi connectivity index (χ2n) is 3.07. The second-order valence-corrected chi connectivity index (χ2v) is 3.07. The lowest BCUT2D eigenvalue weighted by molar-refractivity contribution is 0.412. The fraction of sp³-hybridized carbons (Fsp3) is 0.0909. The highest BCUT2D eigenvalue weighted by molar-refractivity contribution is 5.57. The van der Waals surface area contributed by atoms with Crippen molar-refractivity contribution in [2.45, 2.75) is 0 Å². The van der Waals surface area contributed by atoms with Crippen molar-refractivity contribution in [3.05, 3.63) is 36.5 Å². The maximum atomic E-state index is 5.79. The van der Waals surface area contributed by atoms with Crippen molar-refractivity contribution in [1.29, 1.82) is 0 Å². The molecule has 0 aliphatic carbocycles. The molecule has 0 aliphatic rings. The maximum Gasteiger partial charge on any atom is 0.238 e. The molecule has 0 bridgehead atoms. The highest BCUT2D eigenvalue weighted by atomic mass is 16.5. The summed E-state index contributed by atoms with van der Waals surface area (Å²) in [6.07, 6.45) is 1.57. The molecule has 0 fully saturated rings. The van der Waals surface area contributed by atoms with Gasteiger partial charge in [-0.2, -0.15) is 5.10 Å². The van der Waals surface area contributed by atoms with Crippen LogP contribution in [-0.4, -0.2) is 17.3 Å². The Labute approximate surface area is 92.8 Å². The molecule has 16 heavy (non-hydrogen) atoms. The average molecular weight is 217 g/mol. The standard InChI is InChI=1S/C11H11N3O2/c1-15-8-4-5-10(9(12)7-8)16-11-3-2-6-13-14-11/h2-7H,12H2,1H3. The Kier molecular flexibility index (Phi) is 2.86. The molecule has 2 aromatic rings. The van der Waals surface area contributed by atoms with Gasteiger partial charge in [0.15, 0.2) is 5.75 Å². The molecule has 1 heterocycles. The molecule has 0 radical (unpaired) electrons.